The lowest BCUT2D eigenvalue weighted by atomic mass is 10.2. The van der Waals surface area contributed by atoms with Crippen molar-refractivity contribution in [3.05, 3.63) is 0 Å². The first-order valence-corrected chi connectivity index (χ1v) is 6.76. The Morgan fingerprint density at radius 1 is 1.07 bits per heavy atom. The van der Waals surface area contributed by atoms with Gasteiger partial charge in [-0.05, 0) is 5.92 Å². The summed E-state index contributed by atoms with van der Waals surface area (Å²) in [5.74, 6) is 0.495. The molecule has 14 heavy (non-hydrogen) atoms. The fraction of sp³-hybridized carbons (Fsp3) is 1.00. The van der Waals surface area contributed by atoms with E-state index < -0.39 is 8.80 Å². The molecule has 0 rings (SSSR count). The van der Waals surface area contributed by atoms with Crippen LogP contribution in [-0.2, 0) is 13.3 Å². The predicted molar refractivity (Wildman–Crippen MR) is 60.3 cm³/mol. The molecule has 0 spiro atoms. The maximum absolute atomic E-state index is 5.85. The average molecular weight is 220 g/mol. The molecule has 0 atom stereocenters. The summed E-state index contributed by atoms with van der Waals surface area (Å²) in [6.07, 6.45) is 0. The molecular weight excluding hydrogens is 196 g/mol. The van der Waals surface area contributed by atoms with E-state index in [1.807, 2.05) is 0 Å². The highest BCUT2D eigenvalue weighted by Gasteiger charge is 2.51. The molecule has 0 N–H and O–H groups in total. The first-order valence-electron chi connectivity index (χ1n) is 5.03. The van der Waals surface area contributed by atoms with Crippen LogP contribution in [0.25, 0.3) is 0 Å². The van der Waals surface area contributed by atoms with Crippen molar-refractivity contribution in [2.24, 2.45) is 5.92 Å². The van der Waals surface area contributed by atoms with Crippen molar-refractivity contribution in [1.29, 1.82) is 0 Å². The van der Waals surface area contributed by atoms with Gasteiger partial charge in [-0.3, -0.25) is 0 Å². The summed E-state index contributed by atoms with van der Waals surface area (Å²) >= 11 is 0. The Labute approximate surface area is 89.1 Å². The van der Waals surface area contributed by atoms with Crippen molar-refractivity contribution >= 4 is 8.80 Å². The highest BCUT2D eigenvalue weighted by molar-refractivity contribution is 6.63. The summed E-state index contributed by atoms with van der Waals surface area (Å²) in [6.45, 7) is 11.2. The van der Waals surface area contributed by atoms with Gasteiger partial charge in [0.1, 0.15) is 0 Å². The molecule has 0 radical (unpaired) electrons. The molecule has 0 fully saturated rings. The monoisotopic (exact) mass is 220 g/mol. The van der Waals surface area contributed by atoms with Crippen molar-refractivity contribution in [3.63, 3.8) is 0 Å². The smallest absolute Gasteiger partial charge is 0.377 e. The maximum atomic E-state index is 5.85. The zero-order valence-electron chi connectivity index (χ0n) is 10.5. The molecule has 0 aliphatic rings. The van der Waals surface area contributed by atoms with E-state index in [-0.39, 0.29) is 5.04 Å². The summed E-state index contributed by atoms with van der Waals surface area (Å²) in [6, 6.07) is 0. The van der Waals surface area contributed by atoms with E-state index in [9.17, 15) is 0 Å². The molecule has 0 amide bonds. The second-order valence-corrected chi connectivity index (χ2v) is 8.64. The molecule has 0 unspecified atom stereocenters. The standard InChI is InChI=1S/C10H24O3Si/c1-9(2)8-13-14(11-6,12-7)10(3,4)5/h9H,8H2,1-7H3. The molecule has 86 valence electrons. The molecule has 0 aromatic rings. The lowest BCUT2D eigenvalue weighted by molar-refractivity contribution is 0.0661. The first-order chi connectivity index (χ1) is 6.29. The largest absolute Gasteiger partial charge is 0.506 e. The van der Waals surface area contributed by atoms with E-state index in [0.717, 1.165) is 0 Å². The second kappa shape index (κ2) is 5.26. The van der Waals surface area contributed by atoms with Gasteiger partial charge >= 0.3 is 8.80 Å². The predicted octanol–water partition coefficient (Wildman–Crippen LogP) is 2.69. The van der Waals surface area contributed by atoms with E-state index >= 15 is 0 Å². The zero-order chi connectivity index (χ0) is 11.4. The normalized spacial score (nSPS) is 13.7. The molecule has 0 aromatic carbocycles. The molecule has 0 aromatic heterocycles. The Bertz CT molecular complexity index is 159. The van der Waals surface area contributed by atoms with E-state index in [2.05, 4.69) is 34.6 Å². The zero-order valence-corrected chi connectivity index (χ0v) is 11.5. The van der Waals surface area contributed by atoms with Crippen molar-refractivity contribution in [2.45, 2.75) is 39.7 Å². The quantitative estimate of drug-likeness (QED) is 0.667. The molecule has 0 saturated heterocycles. The minimum atomic E-state index is -2.51. The summed E-state index contributed by atoms with van der Waals surface area (Å²) in [4.78, 5) is 0. The third-order valence-electron chi connectivity index (χ3n) is 2.06. The third kappa shape index (κ3) is 3.35. The van der Waals surface area contributed by atoms with Crippen LogP contribution in [0.2, 0.25) is 5.04 Å². The van der Waals surface area contributed by atoms with Gasteiger partial charge in [-0.2, -0.15) is 0 Å². The lowest BCUT2D eigenvalue weighted by Crippen LogP contribution is -2.52. The fourth-order valence-corrected chi connectivity index (χ4v) is 3.92. The molecular formula is C10H24O3Si. The Balaban J connectivity index is 4.55. The van der Waals surface area contributed by atoms with Crippen LogP contribution < -0.4 is 0 Å². The molecule has 0 saturated carbocycles. The van der Waals surface area contributed by atoms with E-state index in [1.165, 1.54) is 0 Å². The van der Waals surface area contributed by atoms with Crippen LogP contribution in [0.15, 0.2) is 0 Å². The van der Waals surface area contributed by atoms with E-state index in [0.29, 0.717) is 12.5 Å². The highest BCUT2D eigenvalue weighted by Crippen LogP contribution is 2.37. The third-order valence-corrected chi connectivity index (χ3v) is 5.52. The molecule has 3 nitrogen and oxygen atoms in total. The van der Waals surface area contributed by atoms with Gasteiger partial charge in [-0.25, -0.2) is 0 Å². The van der Waals surface area contributed by atoms with Crippen LogP contribution in [0.3, 0.4) is 0 Å². The maximum Gasteiger partial charge on any atom is 0.506 e. The minimum Gasteiger partial charge on any atom is -0.377 e. The van der Waals surface area contributed by atoms with E-state index in [1.54, 1.807) is 14.2 Å². The van der Waals surface area contributed by atoms with Crippen LogP contribution in [-0.4, -0.2) is 29.6 Å². The van der Waals surface area contributed by atoms with Gasteiger partial charge in [-0.1, -0.05) is 34.6 Å². The van der Waals surface area contributed by atoms with Crippen LogP contribution in [0, 0.1) is 5.92 Å². The Kier molecular flexibility index (Phi) is 5.29. The molecule has 0 aliphatic heterocycles. The molecule has 4 heteroatoms. The summed E-state index contributed by atoms with van der Waals surface area (Å²) in [5, 5.41) is -0.0780. The van der Waals surface area contributed by atoms with Gasteiger partial charge < -0.3 is 13.3 Å². The highest BCUT2D eigenvalue weighted by atomic mass is 28.4. The second-order valence-electron chi connectivity index (χ2n) is 4.92. The van der Waals surface area contributed by atoms with Gasteiger partial charge in [0.25, 0.3) is 0 Å². The average Bonchev–Trinajstić information content (AvgIpc) is 2.04. The Morgan fingerprint density at radius 3 is 1.71 bits per heavy atom. The topological polar surface area (TPSA) is 27.7 Å². The number of hydrogen-bond acceptors (Lipinski definition) is 3. The number of hydrogen-bond donors (Lipinski definition) is 0. The molecule has 0 aliphatic carbocycles. The van der Waals surface area contributed by atoms with Gasteiger partial charge in [0.05, 0.1) is 0 Å². The Hall–Kier alpha value is 0.0969. The van der Waals surface area contributed by atoms with Gasteiger partial charge in [-0.15, -0.1) is 0 Å². The fourth-order valence-electron chi connectivity index (χ4n) is 1.31. The summed E-state index contributed by atoms with van der Waals surface area (Å²) in [7, 11) is 0.828. The summed E-state index contributed by atoms with van der Waals surface area (Å²) < 4.78 is 16.8. The van der Waals surface area contributed by atoms with Gasteiger partial charge in [0.2, 0.25) is 0 Å². The number of rotatable bonds is 5. The summed E-state index contributed by atoms with van der Waals surface area (Å²) in [5.41, 5.74) is 0. The van der Waals surface area contributed by atoms with Crippen molar-refractivity contribution < 1.29 is 13.3 Å². The van der Waals surface area contributed by atoms with Crippen LogP contribution in [0.5, 0.6) is 0 Å². The van der Waals surface area contributed by atoms with Crippen LogP contribution in [0.1, 0.15) is 34.6 Å². The minimum absolute atomic E-state index is 0.0780. The molecule has 0 bridgehead atoms. The van der Waals surface area contributed by atoms with Crippen molar-refractivity contribution in [1.82, 2.24) is 0 Å². The van der Waals surface area contributed by atoms with Crippen molar-refractivity contribution in [3.8, 4) is 0 Å². The van der Waals surface area contributed by atoms with Gasteiger partial charge in [0, 0.05) is 25.9 Å². The van der Waals surface area contributed by atoms with Crippen LogP contribution in [0.4, 0.5) is 0 Å². The lowest BCUT2D eigenvalue weighted by Gasteiger charge is -2.37. The molecule has 0 heterocycles. The van der Waals surface area contributed by atoms with Crippen molar-refractivity contribution in [2.75, 3.05) is 20.8 Å². The van der Waals surface area contributed by atoms with Crippen LogP contribution >= 0.6 is 0 Å². The SMILES string of the molecule is CO[Si](OC)(OCC(C)C)C(C)(C)C. The van der Waals surface area contributed by atoms with E-state index in [4.69, 9.17) is 13.3 Å². The van der Waals surface area contributed by atoms with Gasteiger partial charge in [0.15, 0.2) is 0 Å². The Morgan fingerprint density at radius 2 is 1.50 bits per heavy atom. The first kappa shape index (κ1) is 14.1.